The van der Waals surface area contributed by atoms with Gasteiger partial charge in [0.05, 0.1) is 12.2 Å². The number of rotatable bonds is 13. The number of esters is 1. The minimum atomic E-state index is -0.250. The van der Waals surface area contributed by atoms with Gasteiger partial charge in [0.2, 0.25) is 0 Å². The lowest BCUT2D eigenvalue weighted by Crippen LogP contribution is -2.03. The lowest BCUT2D eigenvalue weighted by Gasteiger charge is -2.02. The molecule has 0 saturated carbocycles. The third-order valence-electron chi connectivity index (χ3n) is 4.99. The summed E-state index contributed by atoms with van der Waals surface area (Å²) in [5.74, 6) is -0.250. The van der Waals surface area contributed by atoms with Gasteiger partial charge in [-0.1, -0.05) is 70.8 Å². The lowest BCUT2D eigenvalue weighted by molar-refractivity contribution is 0.0526. The average Bonchev–Trinajstić information content (AvgIpc) is 3.05. The fourth-order valence-electron chi connectivity index (χ4n) is 3.47. The maximum Gasteiger partial charge on any atom is 0.338 e. The number of benzene rings is 1. The highest BCUT2D eigenvalue weighted by Gasteiger charge is 2.08. The summed E-state index contributed by atoms with van der Waals surface area (Å²) in [5, 5.41) is 1.17. The summed E-state index contributed by atoms with van der Waals surface area (Å²) in [5.41, 5.74) is 2.91. The number of hydrogen-bond donors (Lipinski definition) is 1. The number of fused-ring (bicyclic) bond motifs is 1. The van der Waals surface area contributed by atoms with Crippen molar-refractivity contribution in [3.63, 3.8) is 0 Å². The monoisotopic (exact) mass is 357 g/mol. The molecule has 1 N–H and O–H groups in total. The van der Waals surface area contributed by atoms with E-state index in [1.165, 1.54) is 75.3 Å². The summed E-state index contributed by atoms with van der Waals surface area (Å²) >= 11 is 0. The molecule has 3 nitrogen and oxygen atoms in total. The zero-order valence-corrected chi connectivity index (χ0v) is 16.6. The normalized spacial score (nSPS) is 11.2. The Morgan fingerprint density at radius 3 is 2.19 bits per heavy atom. The number of ether oxygens (including phenoxy) is 1. The van der Waals surface area contributed by atoms with Crippen molar-refractivity contribution in [2.45, 2.75) is 84.5 Å². The van der Waals surface area contributed by atoms with Gasteiger partial charge in [-0.2, -0.15) is 0 Å². The summed E-state index contributed by atoms with van der Waals surface area (Å²) in [4.78, 5) is 15.3. The molecule has 0 saturated heterocycles. The number of H-pyrrole nitrogens is 1. The van der Waals surface area contributed by atoms with Crippen LogP contribution in [0.15, 0.2) is 24.3 Å². The molecule has 3 heteroatoms. The second kappa shape index (κ2) is 11.8. The standard InChI is InChI=1S/C23H35NO2/c1-3-5-6-7-8-9-10-11-12-13-14-21-17-19-15-16-20(18-22(19)24-21)23(25)26-4-2/h15-18,24H,3-14H2,1-2H3. The quantitative estimate of drug-likeness (QED) is 0.316. The fraction of sp³-hybridized carbons (Fsp3) is 0.609. The molecule has 1 aromatic heterocycles. The Hall–Kier alpha value is -1.77. The zero-order valence-electron chi connectivity index (χ0n) is 16.6. The molecule has 0 aliphatic rings. The second-order valence-corrected chi connectivity index (χ2v) is 7.25. The molecule has 0 spiro atoms. The van der Waals surface area contributed by atoms with Crippen LogP contribution in [-0.4, -0.2) is 17.6 Å². The molecule has 144 valence electrons. The van der Waals surface area contributed by atoms with Crippen molar-refractivity contribution in [2.75, 3.05) is 6.61 Å². The highest BCUT2D eigenvalue weighted by atomic mass is 16.5. The molecule has 0 bridgehead atoms. The number of nitrogens with one attached hydrogen (secondary N) is 1. The van der Waals surface area contributed by atoms with E-state index >= 15 is 0 Å². The van der Waals surface area contributed by atoms with E-state index in [0.29, 0.717) is 12.2 Å². The molecule has 0 aliphatic carbocycles. The first-order valence-electron chi connectivity index (χ1n) is 10.5. The smallest absolute Gasteiger partial charge is 0.338 e. The van der Waals surface area contributed by atoms with Crippen LogP contribution < -0.4 is 0 Å². The highest BCUT2D eigenvalue weighted by molar-refractivity contribution is 5.94. The molecule has 0 aliphatic heterocycles. The molecule has 2 rings (SSSR count). The highest BCUT2D eigenvalue weighted by Crippen LogP contribution is 2.19. The van der Waals surface area contributed by atoms with Gasteiger partial charge in [0.1, 0.15) is 0 Å². The Bertz CT molecular complexity index is 659. The van der Waals surface area contributed by atoms with E-state index in [1.807, 2.05) is 25.1 Å². The average molecular weight is 358 g/mol. The molecule has 1 aromatic carbocycles. The zero-order chi connectivity index (χ0) is 18.6. The van der Waals surface area contributed by atoms with Crippen LogP contribution in [0.5, 0.6) is 0 Å². The van der Waals surface area contributed by atoms with Crippen LogP contribution in [0.2, 0.25) is 0 Å². The fourth-order valence-corrected chi connectivity index (χ4v) is 3.47. The minimum Gasteiger partial charge on any atom is -0.462 e. The number of aromatic amines is 1. The van der Waals surface area contributed by atoms with Crippen molar-refractivity contribution in [1.82, 2.24) is 4.98 Å². The second-order valence-electron chi connectivity index (χ2n) is 7.25. The van der Waals surface area contributed by atoms with Crippen molar-refractivity contribution in [1.29, 1.82) is 0 Å². The van der Waals surface area contributed by atoms with E-state index < -0.39 is 0 Å². The molecular formula is C23H35NO2. The summed E-state index contributed by atoms with van der Waals surface area (Å²) in [6.45, 7) is 4.51. The van der Waals surface area contributed by atoms with Crippen LogP contribution >= 0.6 is 0 Å². The Balaban J connectivity index is 1.67. The van der Waals surface area contributed by atoms with Crippen molar-refractivity contribution in [3.05, 3.63) is 35.5 Å². The molecule has 0 atom stereocenters. The Kier molecular flexibility index (Phi) is 9.30. The molecular weight excluding hydrogens is 322 g/mol. The summed E-state index contributed by atoms with van der Waals surface area (Å²) in [7, 11) is 0. The molecule has 0 fully saturated rings. The van der Waals surface area contributed by atoms with Gasteiger partial charge in [-0.15, -0.1) is 0 Å². The first-order chi connectivity index (χ1) is 12.7. The summed E-state index contributed by atoms with van der Waals surface area (Å²) < 4.78 is 5.07. The number of hydrogen-bond acceptors (Lipinski definition) is 2. The van der Waals surface area contributed by atoms with Gasteiger partial charge in [-0.3, -0.25) is 0 Å². The van der Waals surface area contributed by atoms with E-state index in [1.54, 1.807) is 0 Å². The topological polar surface area (TPSA) is 42.1 Å². The predicted molar refractivity (Wildman–Crippen MR) is 110 cm³/mol. The molecule has 2 aromatic rings. The van der Waals surface area contributed by atoms with Crippen LogP contribution in [0.4, 0.5) is 0 Å². The third kappa shape index (κ3) is 6.86. The Labute approximate surface area is 158 Å². The van der Waals surface area contributed by atoms with Gasteiger partial charge in [-0.05, 0) is 43.4 Å². The van der Waals surface area contributed by atoms with Gasteiger partial charge in [0.15, 0.2) is 0 Å². The van der Waals surface area contributed by atoms with Crippen molar-refractivity contribution < 1.29 is 9.53 Å². The Morgan fingerprint density at radius 1 is 0.885 bits per heavy atom. The Morgan fingerprint density at radius 2 is 1.54 bits per heavy atom. The van der Waals surface area contributed by atoms with Gasteiger partial charge in [0, 0.05) is 11.2 Å². The molecule has 1 heterocycles. The van der Waals surface area contributed by atoms with E-state index in [-0.39, 0.29) is 5.97 Å². The van der Waals surface area contributed by atoms with Gasteiger partial charge in [-0.25, -0.2) is 4.79 Å². The van der Waals surface area contributed by atoms with Crippen molar-refractivity contribution >= 4 is 16.9 Å². The predicted octanol–water partition coefficient (Wildman–Crippen LogP) is 6.81. The van der Waals surface area contributed by atoms with Crippen LogP contribution in [0.3, 0.4) is 0 Å². The molecule has 26 heavy (non-hydrogen) atoms. The molecule has 0 unspecified atom stereocenters. The van der Waals surface area contributed by atoms with Gasteiger partial charge >= 0.3 is 5.97 Å². The lowest BCUT2D eigenvalue weighted by atomic mass is 10.1. The first kappa shape index (κ1) is 20.5. The van der Waals surface area contributed by atoms with Crippen molar-refractivity contribution in [3.8, 4) is 0 Å². The third-order valence-corrected chi connectivity index (χ3v) is 4.99. The van der Waals surface area contributed by atoms with Gasteiger partial charge < -0.3 is 9.72 Å². The van der Waals surface area contributed by atoms with Crippen LogP contribution in [0.25, 0.3) is 10.9 Å². The number of aromatic nitrogens is 1. The summed E-state index contributed by atoms with van der Waals surface area (Å²) in [6.07, 6.45) is 14.7. The van der Waals surface area contributed by atoms with Gasteiger partial charge in [0.25, 0.3) is 0 Å². The number of carbonyl (C=O) groups excluding carboxylic acids is 1. The largest absolute Gasteiger partial charge is 0.462 e. The number of carbonyl (C=O) groups is 1. The number of aryl methyl sites for hydroxylation is 1. The van der Waals surface area contributed by atoms with E-state index in [4.69, 9.17) is 4.74 Å². The maximum absolute atomic E-state index is 11.8. The van der Waals surface area contributed by atoms with E-state index in [9.17, 15) is 4.79 Å². The van der Waals surface area contributed by atoms with Crippen molar-refractivity contribution in [2.24, 2.45) is 0 Å². The van der Waals surface area contributed by atoms with E-state index in [0.717, 1.165) is 11.9 Å². The maximum atomic E-state index is 11.8. The van der Waals surface area contributed by atoms with E-state index in [2.05, 4.69) is 18.0 Å². The van der Waals surface area contributed by atoms with Crippen LogP contribution in [0.1, 0.15) is 94.1 Å². The minimum absolute atomic E-state index is 0.250. The molecule has 0 amide bonds. The summed E-state index contributed by atoms with van der Waals surface area (Å²) in [6, 6.07) is 7.95. The number of unbranched alkanes of at least 4 members (excludes halogenated alkanes) is 9. The molecule has 0 radical (unpaired) electrons. The first-order valence-corrected chi connectivity index (χ1v) is 10.5. The van der Waals surface area contributed by atoms with Crippen LogP contribution in [-0.2, 0) is 11.2 Å². The SMILES string of the molecule is CCCCCCCCCCCCc1cc2ccc(C(=O)OCC)cc2[nH]1. The van der Waals surface area contributed by atoms with Crippen LogP contribution in [0, 0.1) is 0 Å².